The predicted molar refractivity (Wildman–Crippen MR) is 104 cm³/mol. The summed E-state index contributed by atoms with van der Waals surface area (Å²) in [4.78, 5) is 14.4. The number of rotatable bonds is 3. The van der Waals surface area contributed by atoms with E-state index in [1.54, 1.807) is 35.2 Å². The minimum Gasteiger partial charge on any atom is -0.486 e. The molecule has 0 bridgehead atoms. The molecule has 0 atom stereocenters. The number of amides is 1. The van der Waals surface area contributed by atoms with Crippen molar-refractivity contribution in [1.29, 1.82) is 0 Å². The van der Waals surface area contributed by atoms with Crippen LogP contribution in [0.15, 0.2) is 47.4 Å². The zero-order valence-electron chi connectivity index (χ0n) is 15.0. The molecular weight excluding hydrogens is 404 g/mol. The number of carbonyl (C=O) groups excluding carboxylic acids is 1. The molecule has 0 aliphatic carbocycles. The van der Waals surface area contributed by atoms with Gasteiger partial charge in [0.05, 0.1) is 4.90 Å². The average Bonchev–Trinajstić information content (AvgIpc) is 2.73. The molecule has 2 aliphatic rings. The highest BCUT2D eigenvalue weighted by molar-refractivity contribution is 7.89. The third-order valence-corrected chi connectivity index (χ3v) is 6.88. The Kier molecular flexibility index (Phi) is 5.18. The quantitative estimate of drug-likeness (QED) is 0.758. The number of nitrogens with zero attached hydrogens (tertiary/aromatic N) is 2. The Morgan fingerprint density at radius 3 is 2.36 bits per heavy atom. The number of sulfonamides is 1. The average molecular weight is 423 g/mol. The number of hydrogen-bond acceptors (Lipinski definition) is 5. The first-order chi connectivity index (χ1) is 13.4. The number of piperazine rings is 1. The summed E-state index contributed by atoms with van der Waals surface area (Å²) in [5.41, 5.74) is 0.496. The number of benzene rings is 2. The van der Waals surface area contributed by atoms with Gasteiger partial charge in [-0.3, -0.25) is 4.79 Å². The lowest BCUT2D eigenvalue weighted by Crippen LogP contribution is -2.50. The molecule has 2 aromatic carbocycles. The van der Waals surface area contributed by atoms with Crippen LogP contribution in [-0.2, 0) is 10.0 Å². The van der Waals surface area contributed by atoms with Crippen LogP contribution in [0.3, 0.4) is 0 Å². The van der Waals surface area contributed by atoms with Crippen LogP contribution in [0.5, 0.6) is 11.5 Å². The Morgan fingerprint density at radius 2 is 1.64 bits per heavy atom. The fourth-order valence-electron chi connectivity index (χ4n) is 3.27. The smallest absolute Gasteiger partial charge is 0.253 e. The Bertz CT molecular complexity index is 1000. The highest BCUT2D eigenvalue weighted by Gasteiger charge is 2.31. The zero-order valence-corrected chi connectivity index (χ0v) is 16.6. The van der Waals surface area contributed by atoms with E-state index in [9.17, 15) is 13.2 Å². The first-order valence-corrected chi connectivity index (χ1v) is 10.7. The summed E-state index contributed by atoms with van der Waals surface area (Å²) in [7, 11) is -3.68. The van der Waals surface area contributed by atoms with E-state index >= 15 is 0 Å². The molecule has 9 heteroatoms. The molecule has 0 spiro atoms. The maximum Gasteiger partial charge on any atom is 0.253 e. The van der Waals surface area contributed by atoms with Crippen molar-refractivity contribution in [1.82, 2.24) is 9.21 Å². The van der Waals surface area contributed by atoms with Crippen molar-refractivity contribution in [2.45, 2.75) is 4.90 Å². The maximum atomic E-state index is 13.0. The molecule has 0 saturated carbocycles. The molecule has 1 fully saturated rings. The number of hydrogen-bond donors (Lipinski definition) is 0. The molecule has 0 N–H and O–H groups in total. The lowest BCUT2D eigenvalue weighted by molar-refractivity contribution is 0.0698. The Balaban J connectivity index is 1.46. The molecular formula is C19H19ClN2O5S. The van der Waals surface area contributed by atoms with Gasteiger partial charge < -0.3 is 14.4 Å². The monoisotopic (exact) mass is 422 g/mol. The van der Waals surface area contributed by atoms with E-state index in [-0.39, 0.29) is 23.9 Å². The Hall–Kier alpha value is -2.29. The number of halogens is 1. The van der Waals surface area contributed by atoms with E-state index in [0.717, 1.165) is 0 Å². The van der Waals surface area contributed by atoms with Crippen molar-refractivity contribution < 1.29 is 22.7 Å². The second-order valence-electron chi connectivity index (χ2n) is 6.51. The summed E-state index contributed by atoms with van der Waals surface area (Å²) in [5, 5.41) is 0.491. The molecule has 2 aliphatic heterocycles. The van der Waals surface area contributed by atoms with Gasteiger partial charge in [0.25, 0.3) is 5.91 Å². The molecule has 2 aromatic rings. The van der Waals surface area contributed by atoms with Crippen molar-refractivity contribution >= 4 is 27.5 Å². The van der Waals surface area contributed by atoms with Crippen LogP contribution in [0, 0.1) is 0 Å². The van der Waals surface area contributed by atoms with Gasteiger partial charge in [0.1, 0.15) is 13.2 Å². The molecule has 4 rings (SSSR count). The van der Waals surface area contributed by atoms with Gasteiger partial charge >= 0.3 is 0 Å². The SMILES string of the molecule is O=C(c1cccc(Cl)c1)N1CCN(S(=O)(=O)c2ccc3c(c2)OCCO3)CC1. The van der Waals surface area contributed by atoms with E-state index in [1.165, 1.54) is 16.4 Å². The second-order valence-corrected chi connectivity index (χ2v) is 8.89. The van der Waals surface area contributed by atoms with Crippen LogP contribution < -0.4 is 9.47 Å². The standard InChI is InChI=1S/C19H19ClN2O5S/c20-15-3-1-2-14(12-15)19(23)21-6-8-22(9-7-21)28(24,25)16-4-5-17-18(13-16)27-11-10-26-17/h1-5,12-13H,6-11H2. The van der Waals surface area contributed by atoms with E-state index in [2.05, 4.69) is 0 Å². The third-order valence-electron chi connectivity index (χ3n) is 4.75. The molecule has 148 valence electrons. The first kappa shape index (κ1) is 19.0. The van der Waals surface area contributed by atoms with Crippen LogP contribution in [-0.4, -0.2) is 62.9 Å². The first-order valence-electron chi connectivity index (χ1n) is 8.90. The van der Waals surface area contributed by atoms with Gasteiger partial charge in [-0.1, -0.05) is 17.7 Å². The lowest BCUT2D eigenvalue weighted by atomic mass is 10.2. The Labute approximate surface area is 168 Å². The second kappa shape index (κ2) is 7.62. The molecule has 0 aromatic heterocycles. The normalized spacial score (nSPS) is 17.4. The summed E-state index contributed by atoms with van der Waals surface area (Å²) < 4.78 is 38.3. The van der Waals surface area contributed by atoms with E-state index in [1.807, 2.05) is 0 Å². The van der Waals surface area contributed by atoms with Crippen LogP contribution in [0.4, 0.5) is 0 Å². The van der Waals surface area contributed by atoms with Crippen molar-refractivity contribution in [2.75, 3.05) is 39.4 Å². The molecule has 0 unspecified atom stereocenters. The summed E-state index contributed by atoms with van der Waals surface area (Å²) in [5.74, 6) is 0.822. The van der Waals surface area contributed by atoms with Gasteiger partial charge in [-0.2, -0.15) is 4.31 Å². The minimum atomic E-state index is -3.68. The highest BCUT2D eigenvalue weighted by Crippen LogP contribution is 2.33. The van der Waals surface area contributed by atoms with Crippen molar-refractivity contribution in [3.8, 4) is 11.5 Å². The number of carbonyl (C=O) groups is 1. The van der Waals surface area contributed by atoms with Crippen molar-refractivity contribution in [2.24, 2.45) is 0 Å². The largest absolute Gasteiger partial charge is 0.486 e. The molecule has 1 amide bonds. The van der Waals surface area contributed by atoms with Gasteiger partial charge in [-0.25, -0.2) is 8.42 Å². The Morgan fingerprint density at radius 1 is 0.929 bits per heavy atom. The van der Waals surface area contributed by atoms with Gasteiger partial charge in [0.2, 0.25) is 10.0 Å². The zero-order chi connectivity index (χ0) is 19.7. The molecule has 0 radical (unpaired) electrons. The highest BCUT2D eigenvalue weighted by atomic mass is 35.5. The van der Waals surface area contributed by atoms with E-state index in [4.69, 9.17) is 21.1 Å². The van der Waals surface area contributed by atoms with Crippen LogP contribution >= 0.6 is 11.6 Å². The van der Waals surface area contributed by atoms with Gasteiger partial charge in [0.15, 0.2) is 11.5 Å². The van der Waals surface area contributed by atoms with Gasteiger partial charge in [-0.05, 0) is 30.3 Å². The third kappa shape index (κ3) is 3.67. The number of fused-ring (bicyclic) bond motifs is 1. The van der Waals surface area contributed by atoms with Crippen molar-refractivity contribution in [3.63, 3.8) is 0 Å². The molecule has 1 saturated heterocycles. The van der Waals surface area contributed by atoms with Crippen LogP contribution in [0.25, 0.3) is 0 Å². The number of ether oxygens (including phenoxy) is 2. The minimum absolute atomic E-state index is 0.154. The van der Waals surface area contributed by atoms with Gasteiger partial charge in [0, 0.05) is 42.8 Å². The summed E-state index contributed by atoms with van der Waals surface area (Å²) in [6, 6.07) is 11.4. The molecule has 2 heterocycles. The summed E-state index contributed by atoms with van der Waals surface area (Å²) >= 11 is 5.95. The predicted octanol–water partition coefficient (Wildman–Crippen LogP) is 2.26. The molecule has 7 nitrogen and oxygen atoms in total. The van der Waals surface area contributed by atoms with Crippen molar-refractivity contribution in [3.05, 3.63) is 53.1 Å². The fourth-order valence-corrected chi connectivity index (χ4v) is 4.90. The summed E-state index contributed by atoms with van der Waals surface area (Å²) in [6.45, 7) is 1.92. The van der Waals surface area contributed by atoms with Crippen LogP contribution in [0.1, 0.15) is 10.4 Å². The lowest BCUT2D eigenvalue weighted by Gasteiger charge is -2.34. The van der Waals surface area contributed by atoms with Crippen LogP contribution in [0.2, 0.25) is 5.02 Å². The molecule has 28 heavy (non-hydrogen) atoms. The van der Waals surface area contributed by atoms with Gasteiger partial charge in [-0.15, -0.1) is 0 Å². The summed E-state index contributed by atoms with van der Waals surface area (Å²) in [6.07, 6.45) is 0. The van der Waals surface area contributed by atoms with E-state index < -0.39 is 10.0 Å². The maximum absolute atomic E-state index is 13.0. The fraction of sp³-hybridized carbons (Fsp3) is 0.316. The topological polar surface area (TPSA) is 76.2 Å². The van der Waals surface area contributed by atoms with E-state index in [0.29, 0.717) is 48.4 Å².